The fourth-order valence-corrected chi connectivity index (χ4v) is 3.05. The Bertz CT molecular complexity index is 438. The number of carbonyl (C=O) groups is 1. The molecule has 3 aliphatic heterocycles. The zero-order valence-electron chi connectivity index (χ0n) is 9.73. The molecule has 2 nitrogen and oxygen atoms in total. The summed E-state index contributed by atoms with van der Waals surface area (Å²) in [5.74, 6) is 0.366. The van der Waals surface area contributed by atoms with Gasteiger partial charge in [0.1, 0.15) is 5.82 Å². The summed E-state index contributed by atoms with van der Waals surface area (Å²) >= 11 is 0. The molecule has 1 aromatic rings. The average Bonchev–Trinajstić information content (AvgIpc) is 2.36. The van der Waals surface area contributed by atoms with Gasteiger partial charge in [-0.2, -0.15) is 0 Å². The molecule has 1 unspecified atom stereocenters. The molecule has 0 N–H and O–H groups in total. The number of halogens is 1. The van der Waals surface area contributed by atoms with E-state index in [1.54, 1.807) is 12.1 Å². The quantitative estimate of drug-likeness (QED) is 0.779. The van der Waals surface area contributed by atoms with Crippen LogP contribution in [-0.4, -0.2) is 29.8 Å². The van der Waals surface area contributed by atoms with Crippen LogP contribution in [0.5, 0.6) is 0 Å². The predicted octanol–water partition coefficient (Wildman–Crippen LogP) is 2.03. The lowest BCUT2D eigenvalue weighted by Gasteiger charge is -2.44. The molecule has 0 saturated carbocycles. The van der Waals surface area contributed by atoms with Gasteiger partial charge in [0.2, 0.25) is 0 Å². The number of piperidine rings is 3. The SMILES string of the molecule is O=C1C2CCN(CC2)C1Cc1ccccc1F. The topological polar surface area (TPSA) is 20.3 Å². The molecule has 0 aromatic heterocycles. The van der Waals surface area contributed by atoms with E-state index in [4.69, 9.17) is 0 Å². The number of benzene rings is 1. The molecule has 1 aromatic carbocycles. The lowest BCUT2D eigenvalue weighted by Crippen LogP contribution is -2.56. The number of carbonyl (C=O) groups excluding carboxylic acids is 1. The van der Waals surface area contributed by atoms with E-state index >= 15 is 0 Å². The van der Waals surface area contributed by atoms with Crippen LogP contribution in [0.25, 0.3) is 0 Å². The van der Waals surface area contributed by atoms with Gasteiger partial charge in [-0.25, -0.2) is 4.39 Å². The first-order valence-corrected chi connectivity index (χ1v) is 6.27. The summed E-state index contributed by atoms with van der Waals surface area (Å²) in [7, 11) is 0. The first-order valence-electron chi connectivity index (χ1n) is 6.27. The van der Waals surface area contributed by atoms with Gasteiger partial charge in [-0.05, 0) is 44.0 Å². The average molecular weight is 233 g/mol. The Labute approximate surface area is 100 Å². The number of hydrogen-bond donors (Lipinski definition) is 0. The molecule has 0 amide bonds. The van der Waals surface area contributed by atoms with Gasteiger partial charge in [-0.3, -0.25) is 9.69 Å². The molecule has 3 heteroatoms. The second-order valence-corrected chi connectivity index (χ2v) is 5.02. The van der Waals surface area contributed by atoms with Crippen LogP contribution in [0.4, 0.5) is 4.39 Å². The highest BCUT2D eigenvalue weighted by atomic mass is 19.1. The van der Waals surface area contributed by atoms with Crippen LogP contribution in [-0.2, 0) is 11.2 Å². The van der Waals surface area contributed by atoms with Crippen molar-refractivity contribution < 1.29 is 9.18 Å². The maximum Gasteiger partial charge on any atom is 0.153 e. The zero-order valence-corrected chi connectivity index (χ0v) is 9.73. The highest BCUT2D eigenvalue weighted by Gasteiger charge is 2.40. The van der Waals surface area contributed by atoms with Crippen molar-refractivity contribution in [3.63, 3.8) is 0 Å². The molecule has 3 aliphatic rings. The molecule has 17 heavy (non-hydrogen) atoms. The molecule has 90 valence electrons. The first-order chi connectivity index (χ1) is 8.25. The van der Waals surface area contributed by atoms with E-state index in [0.717, 1.165) is 25.9 Å². The summed E-state index contributed by atoms with van der Waals surface area (Å²) in [6, 6.07) is 6.69. The molecule has 0 radical (unpaired) electrons. The molecule has 1 atom stereocenters. The number of fused-ring (bicyclic) bond motifs is 3. The Balaban J connectivity index is 1.81. The van der Waals surface area contributed by atoms with E-state index in [2.05, 4.69) is 4.90 Å². The first kappa shape index (κ1) is 10.9. The Morgan fingerprint density at radius 3 is 2.59 bits per heavy atom. The lowest BCUT2D eigenvalue weighted by atomic mass is 9.80. The molecule has 2 bridgehead atoms. The molecule has 0 aliphatic carbocycles. The van der Waals surface area contributed by atoms with E-state index in [-0.39, 0.29) is 17.8 Å². The third-order valence-corrected chi connectivity index (χ3v) is 4.07. The Morgan fingerprint density at radius 2 is 1.94 bits per heavy atom. The van der Waals surface area contributed by atoms with Crippen molar-refractivity contribution in [2.24, 2.45) is 5.92 Å². The van der Waals surface area contributed by atoms with E-state index < -0.39 is 0 Å². The van der Waals surface area contributed by atoms with Gasteiger partial charge in [0.15, 0.2) is 5.78 Å². The number of hydrogen-bond acceptors (Lipinski definition) is 2. The van der Waals surface area contributed by atoms with Crippen LogP contribution in [0.2, 0.25) is 0 Å². The van der Waals surface area contributed by atoms with Gasteiger partial charge in [0.05, 0.1) is 6.04 Å². The molecular weight excluding hydrogens is 217 g/mol. The minimum atomic E-state index is -0.192. The molecule has 3 saturated heterocycles. The van der Waals surface area contributed by atoms with Crippen LogP contribution in [0.1, 0.15) is 18.4 Å². The minimum absolute atomic E-state index is 0.0839. The van der Waals surface area contributed by atoms with Crippen molar-refractivity contribution in [3.8, 4) is 0 Å². The zero-order chi connectivity index (χ0) is 11.8. The van der Waals surface area contributed by atoms with Crippen LogP contribution in [0, 0.1) is 11.7 Å². The van der Waals surface area contributed by atoms with E-state index in [1.165, 1.54) is 6.07 Å². The number of rotatable bonds is 2. The van der Waals surface area contributed by atoms with Gasteiger partial charge in [0.25, 0.3) is 0 Å². The smallest absolute Gasteiger partial charge is 0.153 e. The van der Waals surface area contributed by atoms with Crippen molar-refractivity contribution in [1.82, 2.24) is 4.90 Å². The Kier molecular flexibility index (Phi) is 2.71. The standard InChI is InChI=1S/C14H16FNO/c15-12-4-2-1-3-11(12)9-13-14(17)10-5-7-16(13)8-6-10/h1-4,10,13H,5-9H2. The van der Waals surface area contributed by atoms with Gasteiger partial charge < -0.3 is 0 Å². The fraction of sp³-hybridized carbons (Fsp3) is 0.500. The summed E-state index contributed by atoms with van der Waals surface area (Å²) in [4.78, 5) is 14.4. The van der Waals surface area contributed by atoms with Crippen LogP contribution in [0.15, 0.2) is 24.3 Å². The maximum absolute atomic E-state index is 13.6. The van der Waals surface area contributed by atoms with Crippen molar-refractivity contribution in [2.45, 2.75) is 25.3 Å². The second-order valence-electron chi connectivity index (χ2n) is 5.02. The van der Waals surface area contributed by atoms with Crippen LogP contribution < -0.4 is 0 Å². The van der Waals surface area contributed by atoms with Crippen molar-refractivity contribution >= 4 is 5.78 Å². The number of nitrogens with zero attached hydrogens (tertiary/aromatic N) is 1. The summed E-state index contributed by atoms with van der Waals surface area (Å²) in [6.45, 7) is 1.99. The van der Waals surface area contributed by atoms with E-state index in [1.807, 2.05) is 6.07 Å². The lowest BCUT2D eigenvalue weighted by molar-refractivity contribution is -0.136. The summed E-state index contributed by atoms with van der Waals surface area (Å²) in [6.07, 6.45) is 2.52. The van der Waals surface area contributed by atoms with Gasteiger partial charge in [0, 0.05) is 5.92 Å². The van der Waals surface area contributed by atoms with Crippen molar-refractivity contribution in [3.05, 3.63) is 35.6 Å². The molecule has 0 spiro atoms. The van der Waals surface area contributed by atoms with Crippen molar-refractivity contribution in [2.75, 3.05) is 13.1 Å². The third kappa shape index (κ3) is 1.89. The predicted molar refractivity (Wildman–Crippen MR) is 63.2 cm³/mol. The molecular formula is C14H16FNO. The van der Waals surface area contributed by atoms with Gasteiger partial charge in [-0.1, -0.05) is 18.2 Å². The molecule has 4 rings (SSSR count). The van der Waals surface area contributed by atoms with Gasteiger partial charge in [-0.15, -0.1) is 0 Å². The molecule has 3 heterocycles. The monoisotopic (exact) mass is 233 g/mol. The van der Waals surface area contributed by atoms with E-state index in [0.29, 0.717) is 17.8 Å². The Morgan fingerprint density at radius 1 is 1.24 bits per heavy atom. The summed E-state index contributed by atoms with van der Waals surface area (Å²) < 4.78 is 13.6. The highest BCUT2D eigenvalue weighted by molar-refractivity contribution is 5.88. The highest BCUT2D eigenvalue weighted by Crippen LogP contribution is 2.30. The summed E-state index contributed by atoms with van der Waals surface area (Å²) in [5.41, 5.74) is 0.665. The largest absolute Gasteiger partial charge is 0.298 e. The Hall–Kier alpha value is -1.22. The fourth-order valence-electron chi connectivity index (χ4n) is 3.05. The molecule has 3 fully saturated rings. The maximum atomic E-state index is 13.6. The third-order valence-electron chi connectivity index (χ3n) is 4.07. The van der Waals surface area contributed by atoms with Gasteiger partial charge >= 0.3 is 0 Å². The van der Waals surface area contributed by atoms with Crippen LogP contribution >= 0.6 is 0 Å². The second kappa shape index (κ2) is 4.22. The number of ketones is 1. The van der Waals surface area contributed by atoms with E-state index in [9.17, 15) is 9.18 Å². The minimum Gasteiger partial charge on any atom is -0.298 e. The normalized spacial score (nSPS) is 31.8. The summed E-state index contributed by atoms with van der Waals surface area (Å²) in [5, 5.41) is 0. The van der Waals surface area contributed by atoms with Crippen LogP contribution in [0.3, 0.4) is 0 Å². The van der Waals surface area contributed by atoms with Crippen molar-refractivity contribution in [1.29, 1.82) is 0 Å². The number of Topliss-reactive ketones (excluding diaryl/α,β-unsaturated/α-hetero) is 1.